The van der Waals surface area contributed by atoms with Gasteiger partial charge in [-0.15, -0.1) is 12.4 Å². The number of carbonyl (C=O) groups excluding carboxylic acids is 2. The van der Waals surface area contributed by atoms with Gasteiger partial charge in [0.2, 0.25) is 0 Å². The van der Waals surface area contributed by atoms with Crippen LogP contribution in [-0.4, -0.2) is 73.0 Å². The fraction of sp³-hybridized carbons (Fsp3) is 0.579. The lowest BCUT2D eigenvalue weighted by Gasteiger charge is -2.32. The largest absolute Gasteiger partial charge is 0.350 e. The number of carbonyl (C=O) groups is 2. The second-order valence-corrected chi connectivity index (χ2v) is 7.19. The van der Waals surface area contributed by atoms with Gasteiger partial charge in [-0.2, -0.15) is 0 Å². The van der Waals surface area contributed by atoms with Gasteiger partial charge in [-0.3, -0.25) is 14.5 Å². The van der Waals surface area contributed by atoms with Crippen molar-refractivity contribution in [3.8, 4) is 0 Å². The Bertz CT molecular complexity index is 614. The fourth-order valence-corrected chi connectivity index (χ4v) is 3.56. The van der Waals surface area contributed by atoms with Crippen LogP contribution in [0.15, 0.2) is 24.3 Å². The molecule has 144 valence electrons. The molecule has 7 heteroatoms. The highest BCUT2D eigenvalue weighted by molar-refractivity contribution is 5.98. The Hall–Kier alpha value is -1.63. The predicted octanol–water partition coefficient (Wildman–Crippen LogP) is 1.37. The molecule has 2 aliphatic heterocycles. The van der Waals surface area contributed by atoms with Gasteiger partial charge in [0.15, 0.2) is 0 Å². The van der Waals surface area contributed by atoms with Crippen LogP contribution in [0.5, 0.6) is 0 Å². The van der Waals surface area contributed by atoms with E-state index in [4.69, 9.17) is 0 Å². The quantitative estimate of drug-likeness (QED) is 0.828. The first-order valence-corrected chi connectivity index (χ1v) is 9.19. The van der Waals surface area contributed by atoms with E-state index in [1.165, 1.54) is 0 Å². The maximum Gasteiger partial charge on any atom is 0.253 e. The van der Waals surface area contributed by atoms with Crippen LogP contribution in [0.2, 0.25) is 0 Å². The molecule has 1 aromatic carbocycles. The van der Waals surface area contributed by atoms with Gasteiger partial charge in [0.05, 0.1) is 0 Å². The number of benzene rings is 1. The van der Waals surface area contributed by atoms with Gasteiger partial charge in [0, 0.05) is 62.5 Å². The fourth-order valence-electron chi connectivity index (χ4n) is 3.56. The molecule has 2 fully saturated rings. The van der Waals surface area contributed by atoms with Crippen LogP contribution in [0.1, 0.15) is 41.0 Å². The van der Waals surface area contributed by atoms with E-state index in [9.17, 15) is 9.59 Å². The van der Waals surface area contributed by atoms with Crippen molar-refractivity contribution in [2.45, 2.75) is 32.4 Å². The molecule has 0 bridgehead atoms. The topological polar surface area (TPSA) is 64.7 Å². The third kappa shape index (κ3) is 4.96. The van der Waals surface area contributed by atoms with E-state index in [1.54, 1.807) is 24.3 Å². The lowest BCUT2D eigenvalue weighted by molar-refractivity contribution is 0.0772. The molecule has 2 aliphatic rings. The lowest BCUT2D eigenvalue weighted by atomic mass is 10.1. The molecule has 0 aromatic heterocycles. The van der Waals surface area contributed by atoms with E-state index < -0.39 is 0 Å². The second kappa shape index (κ2) is 9.35. The van der Waals surface area contributed by atoms with Gasteiger partial charge in [0.25, 0.3) is 11.8 Å². The first-order valence-electron chi connectivity index (χ1n) is 9.19. The highest BCUT2D eigenvalue weighted by Gasteiger charge is 2.31. The first kappa shape index (κ1) is 20.7. The number of hydrogen-bond donors (Lipinski definition) is 2. The van der Waals surface area contributed by atoms with E-state index in [-0.39, 0.29) is 30.3 Å². The molecule has 0 aliphatic carbocycles. The number of piperazine rings is 1. The number of rotatable bonds is 4. The van der Waals surface area contributed by atoms with Crippen LogP contribution < -0.4 is 10.6 Å². The highest BCUT2D eigenvalue weighted by atomic mass is 35.5. The standard InChI is InChI=1S/C19H28N4O2.ClH/c1-14(2)21-18(24)15-3-5-16(6-4-15)19(25)23-10-7-17(13-23)22-11-8-20-9-12-22;/h3-6,14,17,20H,7-13H2,1-2H3,(H,21,24);1H. The predicted molar refractivity (Wildman–Crippen MR) is 105 cm³/mol. The Morgan fingerprint density at radius 2 is 1.69 bits per heavy atom. The minimum Gasteiger partial charge on any atom is -0.350 e. The summed E-state index contributed by atoms with van der Waals surface area (Å²) in [5, 5.41) is 6.23. The Balaban J connectivity index is 0.00000243. The van der Waals surface area contributed by atoms with Gasteiger partial charge >= 0.3 is 0 Å². The maximum absolute atomic E-state index is 12.7. The van der Waals surface area contributed by atoms with E-state index >= 15 is 0 Å². The zero-order valence-electron chi connectivity index (χ0n) is 15.5. The number of nitrogens with one attached hydrogen (secondary N) is 2. The van der Waals surface area contributed by atoms with Gasteiger partial charge in [-0.1, -0.05) is 0 Å². The molecular formula is C19H29ClN4O2. The van der Waals surface area contributed by atoms with Crippen LogP contribution in [-0.2, 0) is 0 Å². The minimum atomic E-state index is -0.103. The Labute approximate surface area is 161 Å². The SMILES string of the molecule is CC(C)NC(=O)c1ccc(C(=O)N2CCC(N3CCNCC3)C2)cc1.Cl. The van der Waals surface area contributed by atoms with Crippen LogP contribution in [0.4, 0.5) is 0 Å². The average Bonchev–Trinajstić information content (AvgIpc) is 3.11. The summed E-state index contributed by atoms with van der Waals surface area (Å²) in [6.07, 6.45) is 1.04. The first-order chi connectivity index (χ1) is 12.0. The molecule has 2 saturated heterocycles. The van der Waals surface area contributed by atoms with Gasteiger partial charge < -0.3 is 15.5 Å². The average molecular weight is 381 g/mol. The molecule has 0 radical (unpaired) electrons. The smallest absolute Gasteiger partial charge is 0.253 e. The normalized spacial score (nSPS) is 20.7. The molecule has 1 atom stereocenters. The summed E-state index contributed by atoms with van der Waals surface area (Å²) in [6, 6.07) is 7.55. The summed E-state index contributed by atoms with van der Waals surface area (Å²) in [7, 11) is 0. The zero-order chi connectivity index (χ0) is 17.8. The van der Waals surface area contributed by atoms with Crippen molar-refractivity contribution >= 4 is 24.2 Å². The lowest BCUT2D eigenvalue weighted by Crippen LogP contribution is -2.49. The third-order valence-electron chi connectivity index (χ3n) is 4.93. The number of hydrogen-bond acceptors (Lipinski definition) is 4. The van der Waals surface area contributed by atoms with Crippen molar-refractivity contribution in [2.75, 3.05) is 39.3 Å². The van der Waals surface area contributed by atoms with Crippen molar-refractivity contribution in [2.24, 2.45) is 0 Å². The molecule has 0 spiro atoms. The highest BCUT2D eigenvalue weighted by Crippen LogP contribution is 2.19. The molecule has 1 unspecified atom stereocenters. The van der Waals surface area contributed by atoms with Gasteiger partial charge in [-0.25, -0.2) is 0 Å². The van der Waals surface area contributed by atoms with Crippen molar-refractivity contribution in [3.05, 3.63) is 35.4 Å². The summed E-state index contributed by atoms with van der Waals surface area (Å²) in [6.45, 7) is 9.65. The van der Waals surface area contributed by atoms with Gasteiger partial charge in [-0.05, 0) is 44.5 Å². The minimum absolute atomic E-state index is 0. The van der Waals surface area contributed by atoms with E-state index in [2.05, 4.69) is 15.5 Å². The maximum atomic E-state index is 12.7. The molecule has 3 rings (SSSR count). The number of halogens is 1. The van der Waals surface area contributed by atoms with Crippen molar-refractivity contribution in [1.29, 1.82) is 0 Å². The van der Waals surface area contributed by atoms with Gasteiger partial charge in [0.1, 0.15) is 0 Å². The molecule has 6 nitrogen and oxygen atoms in total. The summed E-state index contributed by atoms with van der Waals surface area (Å²) >= 11 is 0. The summed E-state index contributed by atoms with van der Waals surface area (Å²) in [4.78, 5) is 29.2. The summed E-state index contributed by atoms with van der Waals surface area (Å²) in [5.74, 6) is -0.0394. The van der Waals surface area contributed by atoms with Crippen LogP contribution in [0, 0.1) is 0 Å². The second-order valence-electron chi connectivity index (χ2n) is 7.19. The number of likely N-dealkylation sites (tertiary alicyclic amines) is 1. The zero-order valence-corrected chi connectivity index (χ0v) is 16.3. The van der Waals surface area contributed by atoms with Crippen LogP contribution in [0.3, 0.4) is 0 Å². The molecular weight excluding hydrogens is 352 g/mol. The molecule has 2 amide bonds. The Morgan fingerprint density at radius 3 is 2.31 bits per heavy atom. The van der Waals surface area contributed by atoms with E-state index in [1.807, 2.05) is 18.7 Å². The van der Waals surface area contributed by atoms with Crippen LogP contribution >= 0.6 is 12.4 Å². The van der Waals surface area contributed by atoms with E-state index in [0.29, 0.717) is 17.2 Å². The van der Waals surface area contributed by atoms with Crippen LogP contribution in [0.25, 0.3) is 0 Å². The Kier molecular flexibility index (Phi) is 7.43. The number of amides is 2. The Morgan fingerprint density at radius 1 is 1.08 bits per heavy atom. The molecule has 2 N–H and O–H groups in total. The molecule has 1 aromatic rings. The summed E-state index contributed by atoms with van der Waals surface area (Å²) in [5.41, 5.74) is 1.24. The number of nitrogens with zero attached hydrogens (tertiary/aromatic N) is 2. The van der Waals surface area contributed by atoms with Crippen molar-refractivity contribution in [3.63, 3.8) is 0 Å². The van der Waals surface area contributed by atoms with Crippen molar-refractivity contribution < 1.29 is 9.59 Å². The molecule has 2 heterocycles. The van der Waals surface area contributed by atoms with Crippen molar-refractivity contribution in [1.82, 2.24) is 20.4 Å². The molecule has 26 heavy (non-hydrogen) atoms. The monoisotopic (exact) mass is 380 g/mol. The summed E-state index contributed by atoms with van der Waals surface area (Å²) < 4.78 is 0. The van der Waals surface area contributed by atoms with E-state index in [0.717, 1.165) is 45.7 Å². The third-order valence-corrected chi connectivity index (χ3v) is 4.93. The molecule has 0 saturated carbocycles.